The molecule has 0 bridgehead atoms. The molecule has 2 N–H and O–H groups in total. The Bertz CT molecular complexity index is 859. The van der Waals surface area contributed by atoms with Gasteiger partial charge in [0.2, 0.25) is 0 Å². The molecule has 2 aromatic carbocycles. The largest absolute Gasteiger partial charge is 0.482 e. The zero-order valence-corrected chi connectivity index (χ0v) is 14.5. The van der Waals surface area contributed by atoms with Crippen LogP contribution in [0.4, 0.5) is 10.5 Å². The number of nitriles is 1. The lowest BCUT2D eigenvalue weighted by atomic mass is 10.1. The topological polar surface area (TPSA) is 91.2 Å². The maximum Gasteiger partial charge on any atom is 0.325 e. The normalized spacial score (nSPS) is 9.84. The number of aryl methyl sites for hydroxylation is 1. The minimum atomic E-state index is -0.645. The molecule has 0 spiro atoms. The van der Waals surface area contributed by atoms with E-state index >= 15 is 0 Å². The van der Waals surface area contributed by atoms with Gasteiger partial charge in [0.25, 0.3) is 5.91 Å². The first-order valence-corrected chi connectivity index (χ1v) is 7.78. The highest BCUT2D eigenvalue weighted by atomic mass is 35.5. The summed E-state index contributed by atoms with van der Waals surface area (Å²) in [5, 5.41) is 13.8. The second-order valence-electron chi connectivity index (χ2n) is 5.30. The van der Waals surface area contributed by atoms with Gasteiger partial charge in [-0.1, -0.05) is 23.7 Å². The number of carbonyl (C=O) groups is 2. The van der Waals surface area contributed by atoms with E-state index in [2.05, 4.69) is 10.6 Å². The van der Waals surface area contributed by atoms with E-state index in [4.69, 9.17) is 21.6 Å². The third-order valence-corrected chi connectivity index (χ3v) is 3.82. The van der Waals surface area contributed by atoms with E-state index in [0.29, 0.717) is 11.3 Å². The van der Waals surface area contributed by atoms with E-state index in [1.165, 1.54) is 18.2 Å². The maximum absolute atomic E-state index is 11.9. The van der Waals surface area contributed by atoms with E-state index in [-0.39, 0.29) is 17.4 Å². The predicted molar refractivity (Wildman–Crippen MR) is 94.7 cm³/mol. The molecule has 0 radical (unpaired) electrons. The number of rotatable bonds is 4. The molecular weight excluding hydrogens is 342 g/mol. The monoisotopic (exact) mass is 357 g/mol. The second-order valence-corrected chi connectivity index (χ2v) is 5.70. The van der Waals surface area contributed by atoms with Gasteiger partial charge in [0, 0.05) is 5.69 Å². The van der Waals surface area contributed by atoms with Gasteiger partial charge in [-0.2, -0.15) is 5.26 Å². The minimum Gasteiger partial charge on any atom is -0.482 e. The van der Waals surface area contributed by atoms with Crippen LogP contribution < -0.4 is 15.4 Å². The lowest BCUT2D eigenvalue weighted by Crippen LogP contribution is -2.37. The molecule has 2 rings (SSSR count). The van der Waals surface area contributed by atoms with Crippen molar-refractivity contribution in [1.29, 1.82) is 5.26 Å². The summed E-state index contributed by atoms with van der Waals surface area (Å²) in [5.41, 5.74) is 2.96. The summed E-state index contributed by atoms with van der Waals surface area (Å²) in [6.45, 7) is 3.42. The first-order valence-electron chi connectivity index (χ1n) is 7.40. The molecule has 3 amide bonds. The molecular formula is C18H16ClN3O3. The summed E-state index contributed by atoms with van der Waals surface area (Å²) in [6, 6.07) is 11.2. The van der Waals surface area contributed by atoms with Gasteiger partial charge in [-0.25, -0.2) is 4.79 Å². The summed E-state index contributed by atoms with van der Waals surface area (Å²) in [7, 11) is 0. The van der Waals surface area contributed by atoms with Crippen molar-refractivity contribution in [3.63, 3.8) is 0 Å². The fourth-order valence-corrected chi connectivity index (χ4v) is 2.27. The molecule has 2 aromatic rings. The van der Waals surface area contributed by atoms with Gasteiger partial charge in [-0.15, -0.1) is 0 Å². The quantitative estimate of drug-likeness (QED) is 0.875. The smallest absolute Gasteiger partial charge is 0.325 e. The molecule has 128 valence electrons. The number of halogens is 1. The number of nitrogens with one attached hydrogen (secondary N) is 2. The number of nitrogens with zero attached hydrogens (tertiary/aromatic N) is 1. The lowest BCUT2D eigenvalue weighted by molar-refractivity contribution is -0.121. The SMILES string of the molecule is Cc1cccc(NC(=O)NC(=O)COc2ccc(C#N)cc2Cl)c1C. The number of hydrogen-bond acceptors (Lipinski definition) is 4. The Morgan fingerprint density at radius 2 is 2.00 bits per heavy atom. The highest BCUT2D eigenvalue weighted by Gasteiger charge is 2.11. The van der Waals surface area contributed by atoms with E-state index in [0.717, 1.165) is 11.1 Å². The number of imide groups is 1. The molecule has 0 saturated carbocycles. The van der Waals surface area contributed by atoms with Crippen LogP contribution in [0.1, 0.15) is 16.7 Å². The molecule has 0 unspecified atom stereocenters. The van der Waals surface area contributed by atoms with Crippen molar-refractivity contribution in [3.8, 4) is 11.8 Å². The van der Waals surface area contributed by atoms with Gasteiger partial charge in [0.1, 0.15) is 5.75 Å². The first-order chi connectivity index (χ1) is 11.9. The fraction of sp³-hybridized carbons (Fsp3) is 0.167. The molecule has 0 saturated heterocycles. The van der Waals surface area contributed by atoms with Crippen LogP contribution in [0.15, 0.2) is 36.4 Å². The standard InChI is InChI=1S/C18H16ClN3O3/c1-11-4-3-5-15(12(11)2)21-18(24)22-17(23)10-25-16-7-6-13(9-20)8-14(16)19/h3-8H,10H2,1-2H3,(H2,21,22,23,24). The van der Waals surface area contributed by atoms with Gasteiger partial charge in [-0.05, 0) is 49.2 Å². The van der Waals surface area contributed by atoms with Gasteiger partial charge in [-0.3, -0.25) is 10.1 Å². The van der Waals surface area contributed by atoms with Gasteiger partial charge in [0.05, 0.1) is 16.7 Å². The number of amides is 3. The number of anilines is 1. The predicted octanol–water partition coefficient (Wildman–Crippen LogP) is 3.56. The molecule has 0 heterocycles. The van der Waals surface area contributed by atoms with Crippen molar-refractivity contribution in [2.45, 2.75) is 13.8 Å². The Morgan fingerprint density at radius 1 is 1.24 bits per heavy atom. The highest BCUT2D eigenvalue weighted by molar-refractivity contribution is 6.32. The maximum atomic E-state index is 11.9. The number of urea groups is 1. The Hall–Kier alpha value is -3.04. The third-order valence-electron chi connectivity index (χ3n) is 3.53. The Balaban J connectivity index is 1.89. The van der Waals surface area contributed by atoms with Crippen molar-refractivity contribution in [2.75, 3.05) is 11.9 Å². The van der Waals surface area contributed by atoms with Crippen LogP contribution in [0.25, 0.3) is 0 Å². The summed E-state index contributed by atoms with van der Waals surface area (Å²) >= 11 is 5.95. The Kier molecular flexibility index (Phi) is 5.98. The van der Waals surface area contributed by atoms with Crippen LogP contribution in [-0.4, -0.2) is 18.5 Å². The van der Waals surface area contributed by atoms with Gasteiger partial charge < -0.3 is 10.1 Å². The second kappa shape index (κ2) is 8.18. The zero-order valence-electron chi connectivity index (χ0n) is 13.7. The average Bonchev–Trinajstić information content (AvgIpc) is 2.57. The van der Waals surface area contributed by atoms with Gasteiger partial charge in [0.15, 0.2) is 6.61 Å². The Morgan fingerprint density at radius 3 is 2.68 bits per heavy atom. The molecule has 0 aliphatic heterocycles. The molecule has 6 nitrogen and oxygen atoms in total. The molecule has 0 atom stereocenters. The summed E-state index contributed by atoms with van der Waals surface area (Å²) in [6.07, 6.45) is 0. The summed E-state index contributed by atoms with van der Waals surface area (Å²) in [4.78, 5) is 23.7. The average molecular weight is 358 g/mol. The van der Waals surface area contributed by atoms with Crippen molar-refractivity contribution >= 4 is 29.2 Å². The van der Waals surface area contributed by atoms with Crippen LogP contribution in [0.5, 0.6) is 5.75 Å². The van der Waals surface area contributed by atoms with Crippen LogP contribution in [0.3, 0.4) is 0 Å². The molecule has 0 fully saturated rings. The molecule has 0 aromatic heterocycles. The Labute approximate surface area is 150 Å². The summed E-state index contributed by atoms with van der Waals surface area (Å²) < 4.78 is 5.26. The van der Waals surface area contributed by atoms with Crippen LogP contribution in [-0.2, 0) is 4.79 Å². The van der Waals surface area contributed by atoms with Crippen LogP contribution >= 0.6 is 11.6 Å². The van der Waals surface area contributed by atoms with Crippen LogP contribution in [0, 0.1) is 25.2 Å². The van der Waals surface area contributed by atoms with Crippen molar-refractivity contribution in [3.05, 3.63) is 58.1 Å². The third kappa shape index (κ3) is 4.96. The molecule has 25 heavy (non-hydrogen) atoms. The van der Waals surface area contributed by atoms with Crippen LogP contribution in [0.2, 0.25) is 5.02 Å². The highest BCUT2D eigenvalue weighted by Crippen LogP contribution is 2.25. The number of hydrogen-bond donors (Lipinski definition) is 2. The van der Waals surface area contributed by atoms with Crippen molar-refractivity contribution < 1.29 is 14.3 Å². The number of carbonyl (C=O) groups excluding carboxylic acids is 2. The van der Waals surface area contributed by atoms with E-state index in [9.17, 15) is 9.59 Å². The first kappa shape index (κ1) is 18.3. The molecule has 0 aliphatic rings. The molecule has 7 heteroatoms. The van der Waals surface area contributed by atoms with Crippen molar-refractivity contribution in [1.82, 2.24) is 5.32 Å². The van der Waals surface area contributed by atoms with E-state index in [1.807, 2.05) is 32.0 Å². The molecule has 0 aliphatic carbocycles. The van der Waals surface area contributed by atoms with E-state index in [1.54, 1.807) is 6.07 Å². The zero-order chi connectivity index (χ0) is 18.4. The summed E-state index contributed by atoms with van der Waals surface area (Å²) in [5.74, 6) is -0.367. The van der Waals surface area contributed by atoms with Crippen molar-refractivity contribution in [2.24, 2.45) is 0 Å². The fourth-order valence-electron chi connectivity index (χ4n) is 2.03. The van der Waals surface area contributed by atoms with Gasteiger partial charge >= 0.3 is 6.03 Å². The van der Waals surface area contributed by atoms with E-state index < -0.39 is 11.9 Å². The number of benzene rings is 2. The minimum absolute atomic E-state index is 0.215. The number of ether oxygens (including phenoxy) is 1. The lowest BCUT2D eigenvalue weighted by Gasteiger charge is -2.11.